The highest BCUT2D eigenvalue weighted by molar-refractivity contribution is 7.13. The fourth-order valence-electron chi connectivity index (χ4n) is 5.24. The molecule has 0 atom stereocenters. The van der Waals surface area contributed by atoms with Crippen LogP contribution in [0.25, 0.3) is 33.6 Å². The van der Waals surface area contributed by atoms with Crippen molar-refractivity contribution in [2.24, 2.45) is 0 Å². The van der Waals surface area contributed by atoms with E-state index in [9.17, 15) is 21.0 Å². The lowest BCUT2D eigenvalue weighted by molar-refractivity contribution is 0.949. The highest BCUT2D eigenvalue weighted by Gasteiger charge is 2.38. The van der Waals surface area contributed by atoms with E-state index in [1.165, 1.54) is 0 Å². The zero-order valence-corrected chi connectivity index (χ0v) is 24.5. The van der Waals surface area contributed by atoms with Crippen LogP contribution in [0.1, 0.15) is 31.7 Å². The number of rotatable bonds is 4. The fourth-order valence-corrected chi connectivity index (χ4v) is 6.52. The topological polar surface area (TPSA) is 207 Å². The van der Waals surface area contributed by atoms with E-state index >= 15 is 0 Å². The lowest BCUT2D eigenvalue weighted by Gasteiger charge is -2.08. The Bertz CT molecular complexity index is 2400. The van der Waals surface area contributed by atoms with E-state index < -0.39 is 0 Å². The number of nitrogens with zero attached hydrogens (tertiary/aromatic N) is 14. The molecule has 6 aromatic heterocycles. The maximum Gasteiger partial charge on any atom is 0.218 e. The van der Waals surface area contributed by atoms with Gasteiger partial charge >= 0.3 is 0 Å². The minimum atomic E-state index is 0.0976. The average molecular weight is 631 g/mol. The molecule has 0 amide bonds. The van der Waals surface area contributed by atoms with E-state index in [0.29, 0.717) is 56.4 Å². The number of aromatic nitrogens is 10. The summed E-state index contributed by atoms with van der Waals surface area (Å²) in [7, 11) is 0. The van der Waals surface area contributed by atoms with Gasteiger partial charge in [0.1, 0.15) is 24.3 Å². The molecule has 6 aromatic rings. The van der Waals surface area contributed by atoms with Crippen molar-refractivity contribution >= 4 is 56.3 Å². The maximum absolute atomic E-state index is 10.5. The standard InChI is InChI=1S/C30H10N14S2/c31-11-19(29-39-37-23(13-33)45-29)25-16-10-18(28-36-22-6-2-4-8-44(22)42-28)26(20(12-32)30-40-38-24(14-34)46-30)15(16)9-17(25)27-35-21-5-1-3-7-43(21)41-27/h1-10H/b25-19+,26-20+. The summed E-state index contributed by atoms with van der Waals surface area (Å²) < 4.78 is 3.23. The Kier molecular flexibility index (Phi) is 5.98. The van der Waals surface area contributed by atoms with E-state index in [0.717, 1.165) is 22.7 Å². The Morgan fingerprint density at radius 1 is 0.609 bits per heavy atom. The lowest BCUT2D eigenvalue weighted by atomic mass is 9.95. The van der Waals surface area contributed by atoms with Crippen molar-refractivity contribution in [3.05, 3.63) is 115 Å². The summed E-state index contributed by atoms with van der Waals surface area (Å²) in [5.41, 5.74) is 4.50. The van der Waals surface area contributed by atoms with Gasteiger partial charge in [-0.15, -0.1) is 30.6 Å². The van der Waals surface area contributed by atoms with Crippen molar-refractivity contribution in [2.75, 3.05) is 0 Å². The second-order valence-electron chi connectivity index (χ2n) is 9.59. The number of hydrogen-bond acceptors (Lipinski definition) is 14. The van der Waals surface area contributed by atoms with Gasteiger partial charge in [-0.2, -0.15) is 21.0 Å². The van der Waals surface area contributed by atoms with Crippen molar-refractivity contribution in [1.29, 1.82) is 21.0 Å². The third kappa shape index (κ3) is 4.04. The van der Waals surface area contributed by atoms with Crippen LogP contribution in [0, 0.1) is 45.3 Å². The van der Waals surface area contributed by atoms with Gasteiger partial charge in [-0.1, -0.05) is 34.8 Å². The highest BCUT2D eigenvalue weighted by atomic mass is 32.1. The summed E-state index contributed by atoms with van der Waals surface area (Å²) in [6.45, 7) is 0. The van der Waals surface area contributed by atoms with Gasteiger partial charge in [0.2, 0.25) is 10.0 Å². The first-order chi connectivity index (χ1) is 22.6. The molecule has 0 aliphatic heterocycles. The van der Waals surface area contributed by atoms with E-state index in [1.807, 2.05) is 36.4 Å². The van der Waals surface area contributed by atoms with Crippen molar-refractivity contribution in [3.63, 3.8) is 0 Å². The normalized spacial score (nSPS) is 16.0. The molecule has 0 saturated heterocycles. The summed E-state index contributed by atoms with van der Waals surface area (Å²) >= 11 is 1.97. The van der Waals surface area contributed by atoms with Crippen LogP contribution in [0.2, 0.25) is 0 Å². The largest absolute Gasteiger partial charge is 0.221 e. The van der Waals surface area contributed by atoms with Crippen LogP contribution in [0.15, 0.2) is 83.2 Å². The molecular formula is C30H10N14S2. The Morgan fingerprint density at radius 3 is 1.43 bits per heavy atom. The molecule has 0 saturated carbocycles. The molecule has 0 N–H and O–H groups in total. The van der Waals surface area contributed by atoms with E-state index in [4.69, 9.17) is 9.97 Å². The molecule has 0 unspecified atom stereocenters. The van der Waals surface area contributed by atoms with Gasteiger partial charge in [0, 0.05) is 34.7 Å². The molecule has 0 radical (unpaired) electrons. The summed E-state index contributed by atoms with van der Waals surface area (Å²) in [4.78, 5) is 9.43. The second kappa shape index (κ2) is 10.3. The predicted molar refractivity (Wildman–Crippen MR) is 163 cm³/mol. The molecule has 212 valence electrons. The van der Waals surface area contributed by atoms with Crippen molar-refractivity contribution in [3.8, 4) is 24.3 Å². The first kappa shape index (κ1) is 26.6. The summed E-state index contributed by atoms with van der Waals surface area (Å²) in [6.07, 6.45) is 7.13. The summed E-state index contributed by atoms with van der Waals surface area (Å²) in [5.74, 6) is 0.657. The average Bonchev–Trinajstić information content (AvgIpc) is 3.93. The highest BCUT2D eigenvalue weighted by Crippen LogP contribution is 2.52. The number of fused-ring (bicyclic) bond motifs is 2. The van der Waals surface area contributed by atoms with Gasteiger partial charge in [0.15, 0.2) is 33.0 Å². The van der Waals surface area contributed by atoms with Crippen LogP contribution >= 0.6 is 22.7 Å². The van der Waals surface area contributed by atoms with E-state index in [-0.39, 0.29) is 31.2 Å². The molecule has 0 spiro atoms. The van der Waals surface area contributed by atoms with Crippen LogP contribution < -0.4 is 0 Å². The van der Waals surface area contributed by atoms with Crippen molar-refractivity contribution < 1.29 is 0 Å². The van der Waals surface area contributed by atoms with Crippen molar-refractivity contribution in [1.82, 2.24) is 49.6 Å². The van der Waals surface area contributed by atoms with Crippen LogP contribution in [0.5, 0.6) is 0 Å². The molecule has 0 aromatic carbocycles. The lowest BCUT2D eigenvalue weighted by Crippen LogP contribution is -1.98. The minimum Gasteiger partial charge on any atom is -0.221 e. The predicted octanol–water partition coefficient (Wildman–Crippen LogP) is 3.96. The van der Waals surface area contributed by atoms with Crippen LogP contribution in [0.4, 0.5) is 0 Å². The van der Waals surface area contributed by atoms with Gasteiger partial charge in [-0.3, -0.25) is 0 Å². The molecule has 46 heavy (non-hydrogen) atoms. The summed E-state index contributed by atoms with van der Waals surface area (Å²) in [6, 6.07) is 19.4. The quantitative estimate of drug-likeness (QED) is 0.254. The van der Waals surface area contributed by atoms with Crippen molar-refractivity contribution in [2.45, 2.75) is 0 Å². The Balaban J connectivity index is 1.44. The Labute approximate surface area is 265 Å². The smallest absolute Gasteiger partial charge is 0.218 e. The fraction of sp³-hybridized carbons (Fsp3) is 0. The number of pyridine rings is 2. The van der Waals surface area contributed by atoms with Gasteiger partial charge in [0.25, 0.3) is 0 Å². The van der Waals surface area contributed by atoms with E-state index in [2.05, 4.69) is 42.7 Å². The molecule has 8 rings (SSSR count). The van der Waals surface area contributed by atoms with Gasteiger partial charge in [0.05, 0.1) is 11.1 Å². The molecule has 2 aliphatic rings. The third-order valence-corrected chi connectivity index (χ3v) is 8.79. The number of nitriles is 4. The molecule has 14 nitrogen and oxygen atoms in total. The van der Waals surface area contributed by atoms with Crippen LogP contribution in [-0.2, 0) is 0 Å². The molecular weight excluding hydrogens is 621 g/mol. The van der Waals surface area contributed by atoms with Crippen LogP contribution in [-0.4, -0.2) is 49.6 Å². The van der Waals surface area contributed by atoms with Gasteiger partial charge in [-0.25, -0.2) is 19.0 Å². The third-order valence-electron chi connectivity index (χ3n) is 7.10. The molecule has 16 heteroatoms. The molecule has 2 aliphatic carbocycles. The first-order valence-corrected chi connectivity index (χ1v) is 14.8. The zero-order valence-electron chi connectivity index (χ0n) is 22.9. The molecule has 6 heterocycles. The van der Waals surface area contributed by atoms with E-state index in [1.54, 1.807) is 45.7 Å². The van der Waals surface area contributed by atoms with Crippen LogP contribution in [0.3, 0.4) is 0 Å². The van der Waals surface area contributed by atoms with Gasteiger partial charge < -0.3 is 0 Å². The number of allylic oxidation sites excluding steroid dienone is 10. The van der Waals surface area contributed by atoms with Gasteiger partial charge in [-0.05, 0) is 47.6 Å². The summed E-state index contributed by atoms with van der Waals surface area (Å²) in [5, 5.41) is 66.0. The Morgan fingerprint density at radius 2 is 1.07 bits per heavy atom. The monoisotopic (exact) mass is 630 g/mol. The minimum absolute atomic E-state index is 0.0976. The Hall–Kier alpha value is -6.98. The first-order valence-electron chi connectivity index (χ1n) is 13.2. The molecule has 0 fully saturated rings. The number of hydrogen-bond donors (Lipinski definition) is 0. The maximum atomic E-state index is 10.5. The zero-order chi connectivity index (χ0) is 31.4. The SMILES string of the molecule is N#C/C(=C1\C(c2nc3ccccn3n2)=CC2=C1C=C(c1nc3ccccn3n1)/C2=C(\C#N)c1nnc(C#N)s1)c1nnc(C#N)s1. The second-order valence-corrected chi connectivity index (χ2v) is 11.5. The molecule has 0 bridgehead atoms.